The molecule has 0 radical (unpaired) electrons. The molecule has 1 fully saturated rings. The Labute approximate surface area is 194 Å². The predicted molar refractivity (Wildman–Crippen MR) is 112 cm³/mol. The first-order valence-electron chi connectivity index (χ1n) is 9.19. The van der Waals surface area contributed by atoms with Crippen LogP contribution in [0.3, 0.4) is 0 Å². The number of anilines is 2. The smallest absolute Gasteiger partial charge is 0.530 e. The van der Waals surface area contributed by atoms with Crippen molar-refractivity contribution in [2.75, 3.05) is 29.9 Å². The summed E-state index contributed by atoms with van der Waals surface area (Å²) < 4.78 is 41.5. The summed E-state index contributed by atoms with van der Waals surface area (Å²) in [7, 11) is 0. The SMILES string of the molecule is CC1CN(C(=O)[O-])CCN1c1ccc(NC(=O)c2cc(Cl)c(Br)c(OC(F)(F)F)c2)cn1. The molecule has 1 aliphatic heterocycles. The van der Waals surface area contributed by atoms with E-state index >= 15 is 0 Å². The third kappa shape index (κ3) is 5.74. The van der Waals surface area contributed by atoms with Crippen molar-refractivity contribution >= 4 is 51.0 Å². The van der Waals surface area contributed by atoms with Crippen LogP contribution in [0.1, 0.15) is 17.3 Å². The van der Waals surface area contributed by atoms with Crippen LogP contribution in [-0.4, -0.2) is 53.9 Å². The highest BCUT2D eigenvalue weighted by Crippen LogP contribution is 2.37. The molecule has 32 heavy (non-hydrogen) atoms. The van der Waals surface area contributed by atoms with Crippen molar-refractivity contribution in [3.8, 4) is 5.75 Å². The van der Waals surface area contributed by atoms with E-state index in [0.29, 0.717) is 18.1 Å². The first-order valence-corrected chi connectivity index (χ1v) is 10.4. The number of carbonyl (C=O) groups is 2. The minimum atomic E-state index is -4.95. The summed E-state index contributed by atoms with van der Waals surface area (Å²) in [5, 5.41) is 13.4. The maximum atomic E-state index is 12.6. The fourth-order valence-electron chi connectivity index (χ4n) is 3.19. The standard InChI is InChI=1S/C19H17BrClF3N4O4/c1-10-9-27(18(30)31)4-5-28(10)15-3-2-12(8-25-15)26-17(29)11-6-13(21)16(20)14(7-11)32-19(22,23)24/h2-3,6-8,10H,4-5,9H2,1H3,(H,26,29)(H,30,31)/p-1. The first-order chi connectivity index (χ1) is 14.9. The van der Waals surface area contributed by atoms with Gasteiger partial charge in [-0.25, -0.2) is 4.98 Å². The molecular weight excluding hydrogens is 521 g/mol. The second-order valence-corrected chi connectivity index (χ2v) is 8.13. The van der Waals surface area contributed by atoms with E-state index in [2.05, 4.69) is 31.0 Å². The van der Waals surface area contributed by atoms with Gasteiger partial charge in [-0.15, -0.1) is 13.2 Å². The van der Waals surface area contributed by atoms with Gasteiger partial charge in [0.25, 0.3) is 5.91 Å². The molecule has 13 heteroatoms. The van der Waals surface area contributed by atoms with Gasteiger partial charge >= 0.3 is 6.36 Å². The van der Waals surface area contributed by atoms with Gasteiger partial charge in [0.1, 0.15) is 17.7 Å². The molecule has 2 heterocycles. The number of ether oxygens (including phenoxy) is 1. The van der Waals surface area contributed by atoms with E-state index in [9.17, 15) is 27.9 Å². The summed E-state index contributed by atoms with van der Waals surface area (Å²) in [5.41, 5.74) is 0.158. The van der Waals surface area contributed by atoms with E-state index in [1.165, 1.54) is 17.2 Å². The summed E-state index contributed by atoms with van der Waals surface area (Å²) in [6.07, 6.45) is -4.79. The molecule has 172 valence electrons. The zero-order chi connectivity index (χ0) is 23.6. The van der Waals surface area contributed by atoms with Crippen LogP contribution < -0.4 is 20.1 Å². The molecule has 1 aromatic carbocycles. The number of aromatic nitrogens is 1. The number of benzene rings is 1. The van der Waals surface area contributed by atoms with Crippen molar-refractivity contribution in [2.24, 2.45) is 0 Å². The average molecular weight is 537 g/mol. The molecule has 8 nitrogen and oxygen atoms in total. The highest BCUT2D eigenvalue weighted by atomic mass is 79.9. The van der Waals surface area contributed by atoms with Crippen LogP contribution in [0.4, 0.5) is 29.5 Å². The van der Waals surface area contributed by atoms with Gasteiger partial charge in [-0.2, -0.15) is 0 Å². The molecule has 0 bridgehead atoms. The number of carbonyl (C=O) groups excluding carboxylic acids is 2. The minimum absolute atomic E-state index is 0.130. The van der Waals surface area contributed by atoms with Crippen molar-refractivity contribution in [3.05, 3.63) is 45.5 Å². The summed E-state index contributed by atoms with van der Waals surface area (Å²) in [4.78, 5) is 30.9. The number of nitrogens with one attached hydrogen (secondary N) is 1. The number of hydrogen-bond acceptors (Lipinski definition) is 6. The molecular formula is C19H16BrClF3N4O4-. The highest BCUT2D eigenvalue weighted by Gasteiger charge is 2.33. The lowest BCUT2D eigenvalue weighted by atomic mass is 10.2. The zero-order valence-electron chi connectivity index (χ0n) is 16.4. The third-order valence-electron chi connectivity index (χ3n) is 4.67. The molecule has 2 aromatic rings. The van der Waals surface area contributed by atoms with E-state index in [0.717, 1.165) is 6.07 Å². The molecule has 1 unspecified atom stereocenters. The Morgan fingerprint density at radius 2 is 2.03 bits per heavy atom. The molecule has 1 aliphatic rings. The van der Waals surface area contributed by atoms with Crippen molar-refractivity contribution in [1.82, 2.24) is 9.88 Å². The van der Waals surface area contributed by atoms with Gasteiger partial charge < -0.3 is 29.8 Å². The van der Waals surface area contributed by atoms with Crippen LogP contribution in [0.25, 0.3) is 0 Å². The maximum absolute atomic E-state index is 12.6. The van der Waals surface area contributed by atoms with Crippen LogP contribution in [0, 0.1) is 0 Å². The minimum Gasteiger partial charge on any atom is -0.530 e. The lowest BCUT2D eigenvalue weighted by molar-refractivity contribution is -0.275. The third-order valence-corrected chi connectivity index (χ3v) is 6.01. The Morgan fingerprint density at radius 1 is 1.31 bits per heavy atom. The Bertz CT molecular complexity index is 1020. The van der Waals surface area contributed by atoms with Crippen LogP contribution in [-0.2, 0) is 0 Å². The normalized spacial score (nSPS) is 16.6. The molecule has 0 spiro atoms. The van der Waals surface area contributed by atoms with Crippen molar-refractivity contribution in [1.29, 1.82) is 0 Å². The number of alkyl halides is 3. The molecule has 3 rings (SSSR count). The molecule has 1 saturated heterocycles. The lowest BCUT2D eigenvalue weighted by Gasteiger charge is -2.41. The van der Waals surface area contributed by atoms with Gasteiger partial charge in [-0.3, -0.25) is 4.79 Å². The number of carboxylic acid groups (broad SMARTS) is 1. The van der Waals surface area contributed by atoms with E-state index in [-0.39, 0.29) is 34.2 Å². The number of rotatable bonds is 4. The Hall–Kier alpha value is -2.73. The fraction of sp³-hybridized carbons (Fsp3) is 0.316. The number of pyridine rings is 1. The van der Waals surface area contributed by atoms with Gasteiger partial charge in [0.05, 0.1) is 21.4 Å². The topological polar surface area (TPSA) is 97.8 Å². The van der Waals surface area contributed by atoms with Gasteiger partial charge in [0.2, 0.25) is 0 Å². The summed E-state index contributed by atoms with van der Waals surface area (Å²) >= 11 is 8.81. The molecule has 0 saturated carbocycles. The number of hydrogen-bond donors (Lipinski definition) is 1. The number of piperazine rings is 1. The van der Waals surface area contributed by atoms with Crippen molar-refractivity contribution in [2.45, 2.75) is 19.3 Å². The molecule has 1 aromatic heterocycles. The van der Waals surface area contributed by atoms with Crippen molar-refractivity contribution < 1.29 is 32.6 Å². The van der Waals surface area contributed by atoms with E-state index in [1.54, 1.807) is 12.1 Å². The van der Waals surface area contributed by atoms with Crippen LogP contribution >= 0.6 is 27.5 Å². The average Bonchev–Trinajstić information content (AvgIpc) is 2.70. The summed E-state index contributed by atoms with van der Waals surface area (Å²) in [6.45, 7) is 2.83. The zero-order valence-corrected chi connectivity index (χ0v) is 18.8. The van der Waals surface area contributed by atoms with Gasteiger partial charge in [-0.1, -0.05) is 11.6 Å². The largest absolute Gasteiger partial charge is 0.573 e. The van der Waals surface area contributed by atoms with E-state index in [4.69, 9.17) is 11.6 Å². The number of halogens is 5. The van der Waals surface area contributed by atoms with Crippen LogP contribution in [0.2, 0.25) is 5.02 Å². The van der Waals surface area contributed by atoms with Crippen molar-refractivity contribution in [3.63, 3.8) is 0 Å². The predicted octanol–water partition coefficient (Wildman–Crippen LogP) is 3.50. The molecule has 1 atom stereocenters. The number of amides is 2. The fourth-order valence-corrected chi connectivity index (χ4v) is 3.71. The van der Waals surface area contributed by atoms with E-state index in [1.807, 2.05) is 11.8 Å². The molecule has 0 aliphatic carbocycles. The van der Waals surface area contributed by atoms with Gasteiger partial charge in [-0.05, 0) is 47.1 Å². The second kappa shape index (κ2) is 9.41. The lowest BCUT2D eigenvalue weighted by Crippen LogP contribution is -2.56. The monoisotopic (exact) mass is 535 g/mol. The quantitative estimate of drug-likeness (QED) is 0.642. The first kappa shape index (κ1) is 23.9. The number of nitrogens with zero attached hydrogens (tertiary/aromatic N) is 3. The maximum Gasteiger partial charge on any atom is 0.573 e. The Kier molecular flexibility index (Phi) is 7.03. The van der Waals surface area contributed by atoms with Gasteiger partial charge in [0, 0.05) is 31.2 Å². The Morgan fingerprint density at radius 3 is 2.59 bits per heavy atom. The highest BCUT2D eigenvalue weighted by molar-refractivity contribution is 9.10. The summed E-state index contributed by atoms with van der Waals surface area (Å²) in [5.74, 6) is -0.772. The van der Waals surface area contributed by atoms with E-state index < -0.39 is 24.1 Å². The Balaban J connectivity index is 1.71. The second-order valence-electron chi connectivity index (χ2n) is 6.93. The molecule has 2 amide bonds. The summed E-state index contributed by atoms with van der Waals surface area (Å²) in [6, 6.07) is 5.20. The van der Waals surface area contributed by atoms with Crippen LogP contribution in [0.5, 0.6) is 5.75 Å². The van der Waals surface area contributed by atoms with Gasteiger partial charge in [0.15, 0.2) is 0 Å². The van der Waals surface area contributed by atoms with Crippen LogP contribution in [0.15, 0.2) is 34.9 Å². The molecule has 1 N–H and O–H groups in total.